The van der Waals surface area contributed by atoms with Crippen LogP contribution in [0.15, 0.2) is 0 Å². The topological polar surface area (TPSA) is 69.4 Å². The van der Waals surface area contributed by atoms with E-state index in [1.165, 1.54) is 7.11 Å². The van der Waals surface area contributed by atoms with Crippen molar-refractivity contribution >= 4 is 5.97 Å². The van der Waals surface area contributed by atoms with Gasteiger partial charge in [-0.25, -0.2) is 0 Å². The van der Waals surface area contributed by atoms with Crippen molar-refractivity contribution in [1.82, 2.24) is 0 Å². The highest BCUT2D eigenvalue weighted by molar-refractivity contribution is 5.69. The van der Waals surface area contributed by atoms with Crippen molar-refractivity contribution in [3.63, 3.8) is 0 Å². The summed E-state index contributed by atoms with van der Waals surface area (Å²) in [5.41, 5.74) is 0. The first-order valence-electron chi connectivity index (χ1n) is 3.25. The molecule has 64 valence electrons. The van der Waals surface area contributed by atoms with Crippen molar-refractivity contribution in [3.8, 4) is 0 Å². The molecule has 5 nitrogen and oxygen atoms in total. The van der Waals surface area contributed by atoms with Crippen LogP contribution in [0.4, 0.5) is 0 Å². The summed E-state index contributed by atoms with van der Waals surface area (Å²) in [6.07, 6.45) is 0.109. The Morgan fingerprint density at radius 3 is 2.64 bits per heavy atom. The van der Waals surface area contributed by atoms with Crippen LogP contribution < -0.4 is 0 Å². The zero-order valence-corrected chi connectivity index (χ0v) is 6.57. The lowest BCUT2D eigenvalue weighted by atomic mass is 10.1. The third-order valence-electron chi connectivity index (χ3n) is 1.20. The van der Waals surface area contributed by atoms with E-state index >= 15 is 0 Å². The van der Waals surface area contributed by atoms with E-state index in [0.29, 0.717) is 0 Å². The van der Waals surface area contributed by atoms with E-state index in [4.69, 9.17) is 0 Å². The largest absolute Gasteiger partial charge is 0.469 e. The highest BCUT2D eigenvalue weighted by Gasteiger charge is 2.13. The van der Waals surface area contributed by atoms with Gasteiger partial charge in [-0.05, 0) is 0 Å². The standard InChI is InChI=1S/C6H11NO4/c1-5(4-7(9)10)3-6(8)11-2/h5H,3-4H2,1-2H3. The number of hydrogen-bond donors (Lipinski definition) is 0. The summed E-state index contributed by atoms with van der Waals surface area (Å²) < 4.78 is 4.34. The Balaban J connectivity index is 3.60. The van der Waals surface area contributed by atoms with Crippen LogP contribution in [0, 0.1) is 16.0 Å². The van der Waals surface area contributed by atoms with Gasteiger partial charge in [-0.15, -0.1) is 0 Å². The molecule has 0 N–H and O–H groups in total. The number of methoxy groups -OCH3 is 1. The van der Waals surface area contributed by atoms with Gasteiger partial charge in [0.25, 0.3) is 0 Å². The van der Waals surface area contributed by atoms with E-state index in [2.05, 4.69) is 4.74 Å². The Bertz CT molecular complexity index is 157. The van der Waals surface area contributed by atoms with Gasteiger partial charge in [0.05, 0.1) is 13.5 Å². The molecule has 0 spiro atoms. The zero-order chi connectivity index (χ0) is 8.85. The second-order valence-corrected chi connectivity index (χ2v) is 2.40. The number of nitrogens with zero attached hydrogens (tertiary/aromatic N) is 1. The van der Waals surface area contributed by atoms with E-state index in [-0.39, 0.29) is 18.9 Å². The summed E-state index contributed by atoms with van der Waals surface area (Å²) in [6.45, 7) is 1.45. The van der Waals surface area contributed by atoms with Crippen molar-refractivity contribution in [3.05, 3.63) is 10.1 Å². The molecule has 5 heteroatoms. The van der Waals surface area contributed by atoms with Gasteiger partial charge in [-0.2, -0.15) is 0 Å². The molecular formula is C6H11NO4. The predicted octanol–water partition coefficient (Wildman–Crippen LogP) is 0.462. The molecule has 1 unspecified atom stereocenters. The molecular weight excluding hydrogens is 150 g/mol. The molecule has 0 amide bonds. The van der Waals surface area contributed by atoms with Gasteiger partial charge in [0.15, 0.2) is 0 Å². The van der Waals surface area contributed by atoms with Crippen molar-refractivity contribution in [1.29, 1.82) is 0 Å². The van der Waals surface area contributed by atoms with Crippen molar-refractivity contribution in [2.75, 3.05) is 13.7 Å². The number of nitro groups is 1. The van der Waals surface area contributed by atoms with Gasteiger partial charge in [0.2, 0.25) is 6.54 Å². The lowest BCUT2D eigenvalue weighted by molar-refractivity contribution is -0.487. The van der Waals surface area contributed by atoms with Crippen LogP contribution in [0.2, 0.25) is 0 Å². The molecule has 0 bridgehead atoms. The molecule has 0 rings (SSSR count). The van der Waals surface area contributed by atoms with Gasteiger partial charge in [-0.1, -0.05) is 6.92 Å². The Kier molecular flexibility index (Phi) is 4.17. The highest BCUT2D eigenvalue weighted by Crippen LogP contribution is 2.02. The maximum absolute atomic E-state index is 10.6. The van der Waals surface area contributed by atoms with Crippen LogP contribution in [0.3, 0.4) is 0 Å². The Morgan fingerprint density at radius 1 is 1.73 bits per heavy atom. The number of carbonyl (C=O) groups excluding carboxylic acids is 1. The molecule has 0 saturated heterocycles. The fraction of sp³-hybridized carbons (Fsp3) is 0.833. The number of rotatable bonds is 4. The van der Waals surface area contributed by atoms with Gasteiger partial charge >= 0.3 is 5.97 Å². The molecule has 0 aliphatic rings. The smallest absolute Gasteiger partial charge is 0.306 e. The molecule has 0 aromatic rings. The predicted molar refractivity (Wildman–Crippen MR) is 37.7 cm³/mol. The summed E-state index contributed by atoms with van der Waals surface area (Å²) in [5, 5.41) is 9.93. The van der Waals surface area contributed by atoms with E-state index in [1.54, 1.807) is 6.92 Å². The van der Waals surface area contributed by atoms with Crippen LogP contribution in [-0.4, -0.2) is 24.5 Å². The van der Waals surface area contributed by atoms with Gasteiger partial charge in [0, 0.05) is 10.8 Å². The molecule has 0 radical (unpaired) electrons. The third kappa shape index (κ3) is 5.32. The molecule has 0 aromatic heterocycles. The minimum atomic E-state index is -0.437. The van der Waals surface area contributed by atoms with E-state index < -0.39 is 10.9 Å². The van der Waals surface area contributed by atoms with Crippen molar-refractivity contribution in [2.24, 2.45) is 5.92 Å². The van der Waals surface area contributed by atoms with Gasteiger partial charge in [0.1, 0.15) is 0 Å². The Hall–Kier alpha value is -1.13. The lowest BCUT2D eigenvalue weighted by Gasteiger charge is -2.03. The molecule has 0 fully saturated rings. The molecule has 0 heterocycles. The fourth-order valence-electron chi connectivity index (χ4n) is 0.687. The highest BCUT2D eigenvalue weighted by atomic mass is 16.6. The van der Waals surface area contributed by atoms with Crippen LogP contribution >= 0.6 is 0 Å². The van der Waals surface area contributed by atoms with Crippen LogP contribution in [0.1, 0.15) is 13.3 Å². The van der Waals surface area contributed by atoms with Crippen molar-refractivity contribution in [2.45, 2.75) is 13.3 Å². The minimum Gasteiger partial charge on any atom is -0.469 e. The monoisotopic (exact) mass is 161 g/mol. The van der Waals surface area contributed by atoms with E-state index in [1.807, 2.05) is 0 Å². The third-order valence-corrected chi connectivity index (χ3v) is 1.20. The average molecular weight is 161 g/mol. The number of carbonyl (C=O) groups is 1. The lowest BCUT2D eigenvalue weighted by Crippen LogP contribution is -2.15. The van der Waals surface area contributed by atoms with E-state index in [9.17, 15) is 14.9 Å². The molecule has 1 atom stereocenters. The first-order chi connectivity index (χ1) is 5.06. The average Bonchev–Trinajstić information content (AvgIpc) is 1.85. The normalized spacial score (nSPS) is 12.2. The van der Waals surface area contributed by atoms with Crippen LogP contribution in [0.5, 0.6) is 0 Å². The summed E-state index contributed by atoms with van der Waals surface area (Å²) in [6, 6.07) is 0. The first kappa shape index (κ1) is 9.87. The quantitative estimate of drug-likeness (QED) is 0.341. The van der Waals surface area contributed by atoms with Gasteiger partial charge in [-0.3, -0.25) is 14.9 Å². The molecule has 0 saturated carbocycles. The summed E-state index contributed by atoms with van der Waals surface area (Å²) in [4.78, 5) is 20.1. The number of hydrogen-bond acceptors (Lipinski definition) is 4. The van der Waals surface area contributed by atoms with Crippen LogP contribution in [-0.2, 0) is 9.53 Å². The second-order valence-electron chi connectivity index (χ2n) is 2.40. The van der Waals surface area contributed by atoms with Gasteiger partial charge < -0.3 is 4.74 Å². The fourth-order valence-corrected chi connectivity index (χ4v) is 0.687. The maximum atomic E-state index is 10.6. The first-order valence-corrected chi connectivity index (χ1v) is 3.25. The summed E-state index contributed by atoms with van der Waals surface area (Å²) in [7, 11) is 1.27. The second kappa shape index (κ2) is 4.65. The summed E-state index contributed by atoms with van der Waals surface area (Å²) >= 11 is 0. The Labute approximate surface area is 64.5 Å². The maximum Gasteiger partial charge on any atom is 0.306 e. The number of esters is 1. The molecule has 0 aromatic carbocycles. The molecule has 0 aliphatic heterocycles. The Morgan fingerprint density at radius 2 is 2.27 bits per heavy atom. The van der Waals surface area contributed by atoms with Crippen molar-refractivity contribution < 1.29 is 14.5 Å². The molecule has 0 aliphatic carbocycles. The molecule has 11 heavy (non-hydrogen) atoms. The SMILES string of the molecule is COC(=O)CC(C)C[N+](=O)[O-]. The zero-order valence-electron chi connectivity index (χ0n) is 6.57. The van der Waals surface area contributed by atoms with E-state index in [0.717, 1.165) is 0 Å². The number of ether oxygens (including phenoxy) is 1. The minimum absolute atomic E-state index is 0.109. The summed E-state index contributed by atoms with van der Waals surface area (Å²) in [5.74, 6) is -0.656. The van der Waals surface area contributed by atoms with Crippen LogP contribution in [0.25, 0.3) is 0 Å².